The van der Waals surface area contributed by atoms with Crippen molar-refractivity contribution in [2.24, 2.45) is 5.92 Å². The van der Waals surface area contributed by atoms with Crippen molar-refractivity contribution in [2.75, 3.05) is 24.5 Å². The molecule has 4 rings (SSSR count). The number of nitrogens with one attached hydrogen (secondary N) is 1. The van der Waals surface area contributed by atoms with Crippen molar-refractivity contribution in [3.05, 3.63) is 54.1 Å². The lowest BCUT2D eigenvalue weighted by Gasteiger charge is -2.31. The smallest absolute Gasteiger partial charge is 0.240 e. The van der Waals surface area contributed by atoms with Crippen molar-refractivity contribution in [1.29, 1.82) is 0 Å². The average Bonchev–Trinajstić information content (AvgIpc) is 3.17. The van der Waals surface area contributed by atoms with Gasteiger partial charge in [-0.2, -0.15) is 0 Å². The number of piperidine rings is 1. The maximum atomic E-state index is 12.6. The molecule has 1 aromatic heterocycles. The molecule has 1 aliphatic heterocycles. The van der Waals surface area contributed by atoms with Crippen LogP contribution in [-0.4, -0.2) is 33.0 Å². The number of nitrogens with zero attached hydrogens (tertiary/aromatic N) is 2. The third kappa shape index (κ3) is 4.63. The molecule has 29 heavy (non-hydrogen) atoms. The zero-order valence-electron chi connectivity index (χ0n) is 16.8. The third-order valence-electron chi connectivity index (χ3n) is 5.59. The summed E-state index contributed by atoms with van der Waals surface area (Å²) < 4.78 is 29.2. The summed E-state index contributed by atoms with van der Waals surface area (Å²) in [4.78, 5) is 7.40. The normalized spacial score (nSPS) is 16.0. The molecule has 1 N–H and O–H groups in total. The van der Waals surface area contributed by atoms with Crippen LogP contribution in [0.5, 0.6) is 0 Å². The number of fused-ring (bicyclic) bond motifs is 1. The van der Waals surface area contributed by atoms with Crippen molar-refractivity contribution in [2.45, 2.75) is 37.5 Å². The number of rotatable bonds is 6. The molecule has 0 amide bonds. The molecule has 0 saturated carbocycles. The molecule has 3 aromatic rings. The topological polar surface area (TPSA) is 62.3 Å². The minimum absolute atomic E-state index is 0.341. The van der Waals surface area contributed by atoms with Gasteiger partial charge >= 0.3 is 0 Å². The van der Waals surface area contributed by atoms with E-state index in [1.54, 1.807) is 23.5 Å². The van der Waals surface area contributed by atoms with E-state index in [4.69, 9.17) is 4.98 Å². The van der Waals surface area contributed by atoms with Crippen LogP contribution in [0.15, 0.2) is 53.4 Å². The molecule has 0 bridgehead atoms. The maximum absolute atomic E-state index is 12.6. The van der Waals surface area contributed by atoms with E-state index in [1.165, 1.54) is 4.70 Å². The fraction of sp³-hybridized carbons (Fsp3) is 0.409. The maximum Gasteiger partial charge on any atom is 0.240 e. The summed E-state index contributed by atoms with van der Waals surface area (Å²) in [6, 6.07) is 15.4. The van der Waals surface area contributed by atoms with Crippen LogP contribution in [-0.2, 0) is 10.0 Å². The molecule has 0 spiro atoms. The number of thiazole rings is 1. The molecule has 1 fully saturated rings. The lowest BCUT2D eigenvalue weighted by Crippen LogP contribution is -2.38. The second-order valence-corrected chi connectivity index (χ2v) is 10.7. The summed E-state index contributed by atoms with van der Waals surface area (Å²) >= 11 is 1.73. The zero-order chi connectivity index (χ0) is 20.4. The van der Waals surface area contributed by atoms with Gasteiger partial charge in [0.2, 0.25) is 10.0 Å². The summed E-state index contributed by atoms with van der Waals surface area (Å²) in [6.07, 6.45) is 1.93. The van der Waals surface area contributed by atoms with E-state index in [-0.39, 0.29) is 0 Å². The Morgan fingerprint density at radius 3 is 2.45 bits per heavy atom. The highest BCUT2D eigenvalue weighted by atomic mass is 32.2. The first-order chi connectivity index (χ1) is 13.9. The SMILES string of the molecule is CC(C)c1ccc(S(=O)(=O)NCC2CCN(c3nc4ccccc4s3)CC2)cc1. The number of hydrogen-bond donors (Lipinski definition) is 1. The van der Waals surface area contributed by atoms with E-state index in [0.29, 0.717) is 23.3 Å². The van der Waals surface area contributed by atoms with Crippen LogP contribution in [0.3, 0.4) is 0 Å². The molecule has 2 heterocycles. The molecule has 1 saturated heterocycles. The van der Waals surface area contributed by atoms with Gasteiger partial charge in [0.25, 0.3) is 0 Å². The summed E-state index contributed by atoms with van der Waals surface area (Å²) in [5.74, 6) is 0.741. The van der Waals surface area contributed by atoms with Gasteiger partial charge in [0.15, 0.2) is 5.13 Å². The van der Waals surface area contributed by atoms with Crippen LogP contribution in [0.2, 0.25) is 0 Å². The second-order valence-electron chi connectivity index (χ2n) is 7.97. The standard InChI is InChI=1S/C22H27N3O2S2/c1-16(2)18-7-9-19(10-8-18)29(26,27)23-15-17-11-13-25(14-12-17)22-24-20-5-3-4-6-21(20)28-22/h3-10,16-17,23H,11-15H2,1-2H3. The molecular formula is C22H27N3O2S2. The molecule has 1 aliphatic rings. The highest BCUT2D eigenvalue weighted by Gasteiger charge is 2.23. The number of hydrogen-bond acceptors (Lipinski definition) is 5. The summed E-state index contributed by atoms with van der Waals surface area (Å²) in [5.41, 5.74) is 2.19. The number of anilines is 1. The lowest BCUT2D eigenvalue weighted by molar-refractivity contribution is 0.402. The Morgan fingerprint density at radius 2 is 1.79 bits per heavy atom. The van der Waals surface area contributed by atoms with Gasteiger partial charge in [0, 0.05) is 19.6 Å². The zero-order valence-corrected chi connectivity index (χ0v) is 18.5. The van der Waals surface area contributed by atoms with E-state index < -0.39 is 10.0 Å². The van der Waals surface area contributed by atoms with Crippen molar-refractivity contribution < 1.29 is 8.42 Å². The van der Waals surface area contributed by atoms with Crippen LogP contribution in [0.25, 0.3) is 10.2 Å². The van der Waals surface area contributed by atoms with Crippen LogP contribution in [0.1, 0.15) is 38.2 Å². The van der Waals surface area contributed by atoms with Gasteiger partial charge in [0.1, 0.15) is 0 Å². The molecule has 5 nitrogen and oxygen atoms in total. The Morgan fingerprint density at radius 1 is 1.10 bits per heavy atom. The van der Waals surface area contributed by atoms with Gasteiger partial charge in [-0.3, -0.25) is 0 Å². The lowest BCUT2D eigenvalue weighted by atomic mass is 9.97. The molecule has 0 aliphatic carbocycles. The van der Waals surface area contributed by atoms with E-state index in [1.807, 2.05) is 30.3 Å². The first-order valence-corrected chi connectivity index (χ1v) is 12.4. The van der Waals surface area contributed by atoms with Gasteiger partial charge in [-0.15, -0.1) is 0 Å². The Balaban J connectivity index is 1.32. The van der Waals surface area contributed by atoms with Gasteiger partial charge < -0.3 is 4.90 Å². The van der Waals surface area contributed by atoms with Gasteiger partial charge in [-0.1, -0.05) is 49.4 Å². The van der Waals surface area contributed by atoms with E-state index in [2.05, 4.69) is 29.5 Å². The van der Waals surface area contributed by atoms with Gasteiger partial charge in [-0.05, 0) is 54.5 Å². The van der Waals surface area contributed by atoms with E-state index in [0.717, 1.165) is 42.1 Å². The largest absolute Gasteiger partial charge is 0.348 e. The quantitative estimate of drug-likeness (QED) is 0.621. The predicted octanol–water partition coefficient (Wildman–Crippen LogP) is 4.61. The number of para-hydroxylation sites is 1. The monoisotopic (exact) mass is 429 g/mol. The van der Waals surface area contributed by atoms with Gasteiger partial charge in [0.05, 0.1) is 15.1 Å². The Kier molecular flexibility index (Phi) is 5.90. The summed E-state index contributed by atoms with van der Waals surface area (Å²) in [5, 5.41) is 1.07. The predicted molar refractivity (Wildman–Crippen MR) is 120 cm³/mol. The van der Waals surface area contributed by atoms with Gasteiger partial charge in [-0.25, -0.2) is 18.1 Å². The average molecular weight is 430 g/mol. The fourth-order valence-electron chi connectivity index (χ4n) is 3.67. The number of benzene rings is 2. The molecule has 2 aromatic carbocycles. The number of aromatic nitrogens is 1. The van der Waals surface area contributed by atoms with Crippen molar-refractivity contribution >= 4 is 36.7 Å². The number of sulfonamides is 1. The molecule has 7 heteroatoms. The minimum atomic E-state index is -3.46. The van der Waals surface area contributed by atoms with Crippen molar-refractivity contribution in [1.82, 2.24) is 9.71 Å². The Hall–Kier alpha value is -1.96. The van der Waals surface area contributed by atoms with Crippen LogP contribution >= 0.6 is 11.3 Å². The molecule has 0 radical (unpaired) electrons. The molecular weight excluding hydrogens is 402 g/mol. The molecule has 0 unspecified atom stereocenters. The van der Waals surface area contributed by atoms with E-state index >= 15 is 0 Å². The van der Waals surface area contributed by atoms with Crippen LogP contribution in [0.4, 0.5) is 5.13 Å². The minimum Gasteiger partial charge on any atom is -0.348 e. The summed E-state index contributed by atoms with van der Waals surface area (Å²) in [6.45, 7) is 6.51. The van der Waals surface area contributed by atoms with E-state index in [9.17, 15) is 8.42 Å². The van der Waals surface area contributed by atoms with Crippen molar-refractivity contribution in [3.8, 4) is 0 Å². The first kappa shape index (κ1) is 20.3. The highest BCUT2D eigenvalue weighted by Crippen LogP contribution is 2.31. The summed E-state index contributed by atoms with van der Waals surface area (Å²) in [7, 11) is -3.46. The first-order valence-electron chi connectivity index (χ1n) is 10.1. The Labute approximate surface area is 176 Å². The van der Waals surface area contributed by atoms with Crippen LogP contribution in [0, 0.1) is 5.92 Å². The molecule has 154 valence electrons. The highest BCUT2D eigenvalue weighted by molar-refractivity contribution is 7.89. The van der Waals surface area contributed by atoms with Crippen molar-refractivity contribution in [3.63, 3.8) is 0 Å². The van der Waals surface area contributed by atoms with Crippen LogP contribution < -0.4 is 9.62 Å². The second kappa shape index (κ2) is 8.42. The Bertz CT molecular complexity index is 1030. The molecule has 0 atom stereocenters. The third-order valence-corrected chi connectivity index (χ3v) is 8.12. The fourth-order valence-corrected chi connectivity index (χ4v) is 5.80.